The Kier molecular flexibility index (Phi) is 5.11. The van der Waals surface area contributed by atoms with Gasteiger partial charge >= 0.3 is 6.36 Å². The molecular weight excluding hydrogens is 409 g/mol. The second kappa shape index (κ2) is 7.36. The minimum Gasteiger partial charge on any atom is -0.402 e. The van der Waals surface area contributed by atoms with Gasteiger partial charge in [-0.05, 0) is 17.9 Å². The molecule has 4 rings (SSSR count). The highest BCUT2D eigenvalue weighted by atomic mass is 19.4. The van der Waals surface area contributed by atoms with Crippen LogP contribution in [-0.4, -0.2) is 51.9 Å². The molecule has 0 spiro atoms. The summed E-state index contributed by atoms with van der Waals surface area (Å²) < 4.78 is 69.1. The van der Waals surface area contributed by atoms with Crippen LogP contribution in [-0.2, 0) is 0 Å². The highest BCUT2D eigenvalue weighted by Crippen LogP contribution is 2.56. The van der Waals surface area contributed by atoms with E-state index in [4.69, 9.17) is 5.73 Å². The van der Waals surface area contributed by atoms with E-state index in [9.17, 15) is 22.0 Å². The van der Waals surface area contributed by atoms with Crippen molar-refractivity contribution in [3.05, 3.63) is 24.3 Å². The van der Waals surface area contributed by atoms with E-state index < -0.39 is 18.5 Å². The molecule has 1 aliphatic heterocycles. The van der Waals surface area contributed by atoms with E-state index in [1.165, 1.54) is 12.3 Å². The molecular formula is C19H22F5N5O. The van der Waals surface area contributed by atoms with Gasteiger partial charge < -0.3 is 15.0 Å². The van der Waals surface area contributed by atoms with Crippen LogP contribution < -0.4 is 10.5 Å². The number of nitrogens with zero attached hydrogens (tertiary/aromatic N) is 4. The Morgan fingerprint density at radius 3 is 2.47 bits per heavy atom. The third kappa shape index (κ3) is 4.07. The largest absolute Gasteiger partial charge is 0.573 e. The zero-order chi connectivity index (χ0) is 21.8. The van der Waals surface area contributed by atoms with Crippen LogP contribution in [0.1, 0.15) is 31.6 Å². The van der Waals surface area contributed by atoms with E-state index in [2.05, 4.69) is 14.7 Å². The van der Waals surface area contributed by atoms with Crippen LogP contribution in [0.2, 0.25) is 0 Å². The molecule has 0 bridgehead atoms. The third-order valence-corrected chi connectivity index (χ3v) is 5.62. The number of halogens is 5. The number of anilines is 1. The lowest BCUT2D eigenvalue weighted by Crippen LogP contribution is -2.30. The van der Waals surface area contributed by atoms with Gasteiger partial charge in [-0.15, -0.1) is 13.2 Å². The van der Waals surface area contributed by atoms with Gasteiger partial charge in [0.1, 0.15) is 5.82 Å². The Bertz CT molecular complexity index is 917. The van der Waals surface area contributed by atoms with Crippen molar-refractivity contribution >= 4 is 5.82 Å². The van der Waals surface area contributed by atoms with Crippen LogP contribution in [0, 0.1) is 11.8 Å². The van der Waals surface area contributed by atoms with Crippen molar-refractivity contribution in [2.45, 2.75) is 38.6 Å². The minimum absolute atomic E-state index is 0.0740. The van der Waals surface area contributed by atoms with Gasteiger partial charge in [-0.1, -0.05) is 13.8 Å². The molecule has 0 unspecified atom stereocenters. The van der Waals surface area contributed by atoms with Crippen LogP contribution >= 0.6 is 0 Å². The first-order valence-corrected chi connectivity index (χ1v) is 9.64. The molecule has 3 heterocycles. The molecule has 11 heteroatoms. The maximum Gasteiger partial charge on any atom is 0.573 e. The average molecular weight is 431 g/mol. The van der Waals surface area contributed by atoms with E-state index in [-0.39, 0.29) is 36.2 Å². The maximum atomic E-state index is 12.6. The molecule has 2 fully saturated rings. The van der Waals surface area contributed by atoms with Gasteiger partial charge in [0.2, 0.25) is 0 Å². The van der Waals surface area contributed by atoms with Crippen LogP contribution in [0.25, 0.3) is 11.3 Å². The van der Waals surface area contributed by atoms with Gasteiger partial charge in [0.05, 0.1) is 12.2 Å². The lowest BCUT2D eigenvalue weighted by atomic mass is 10.2. The first-order valence-electron chi connectivity index (χ1n) is 9.64. The van der Waals surface area contributed by atoms with Gasteiger partial charge in [0.25, 0.3) is 6.43 Å². The molecule has 6 nitrogen and oxygen atoms in total. The quantitative estimate of drug-likeness (QED) is 0.703. The fraction of sp³-hybridized carbons (Fsp3) is 0.579. The molecule has 2 N–H and O–H groups in total. The third-order valence-electron chi connectivity index (χ3n) is 5.62. The van der Waals surface area contributed by atoms with Crippen molar-refractivity contribution in [2.24, 2.45) is 11.8 Å². The molecule has 2 aromatic rings. The number of ether oxygens (including phenoxy) is 1. The fourth-order valence-electron chi connectivity index (χ4n) is 4.35. The summed E-state index contributed by atoms with van der Waals surface area (Å²) in [7, 11) is 0. The molecule has 30 heavy (non-hydrogen) atoms. The van der Waals surface area contributed by atoms with Crippen molar-refractivity contribution in [3.63, 3.8) is 0 Å². The molecule has 2 aliphatic rings. The van der Waals surface area contributed by atoms with Gasteiger partial charge in [-0.25, -0.2) is 18.7 Å². The number of pyridine rings is 1. The molecule has 0 amide bonds. The summed E-state index contributed by atoms with van der Waals surface area (Å²) in [6.45, 7) is 4.95. The molecule has 0 aromatic carbocycles. The predicted octanol–water partition coefficient (Wildman–Crippen LogP) is 3.92. The average Bonchev–Trinajstić information content (AvgIpc) is 2.97. The zero-order valence-corrected chi connectivity index (χ0v) is 16.4. The fourth-order valence-corrected chi connectivity index (χ4v) is 4.35. The molecule has 2 aromatic heterocycles. The van der Waals surface area contributed by atoms with Gasteiger partial charge in [-0.3, -0.25) is 4.90 Å². The van der Waals surface area contributed by atoms with Crippen LogP contribution in [0.15, 0.2) is 18.5 Å². The highest BCUT2D eigenvalue weighted by molar-refractivity contribution is 5.64. The molecule has 3 atom stereocenters. The Hall–Kier alpha value is -2.43. The topological polar surface area (TPSA) is 69.2 Å². The highest BCUT2D eigenvalue weighted by Gasteiger charge is 2.57. The Morgan fingerprint density at radius 2 is 1.90 bits per heavy atom. The Balaban J connectivity index is 1.59. The van der Waals surface area contributed by atoms with Gasteiger partial charge in [0, 0.05) is 43.0 Å². The second-order valence-electron chi connectivity index (χ2n) is 8.13. The van der Waals surface area contributed by atoms with Gasteiger partial charge in [0.15, 0.2) is 11.6 Å². The van der Waals surface area contributed by atoms with Crippen molar-refractivity contribution in [1.29, 1.82) is 0 Å². The summed E-state index contributed by atoms with van der Waals surface area (Å²) in [4.78, 5) is 10.2. The number of likely N-dealkylation sites (tertiary alicyclic amines) is 1. The molecule has 1 saturated heterocycles. The number of fused-ring (bicyclic) bond motifs is 1. The predicted molar refractivity (Wildman–Crippen MR) is 99.1 cm³/mol. The van der Waals surface area contributed by atoms with E-state index in [1.54, 1.807) is 11.1 Å². The maximum absolute atomic E-state index is 12.6. The number of alkyl halides is 5. The molecule has 1 saturated carbocycles. The van der Waals surface area contributed by atoms with Crippen LogP contribution in [0.3, 0.4) is 0 Å². The first kappa shape index (κ1) is 20.8. The van der Waals surface area contributed by atoms with Crippen molar-refractivity contribution < 1.29 is 26.7 Å². The normalized spacial score (nSPS) is 24.0. The van der Waals surface area contributed by atoms with Crippen molar-refractivity contribution in [3.8, 4) is 17.0 Å². The van der Waals surface area contributed by atoms with E-state index in [1.807, 2.05) is 18.4 Å². The Morgan fingerprint density at radius 1 is 1.23 bits per heavy atom. The van der Waals surface area contributed by atoms with E-state index in [0.717, 1.165) is 5.82 Å². The number of nitrogens with two attached hydrogens (primary N) is 1. The number of hydrogen-bond donors (Lipinski definition) is 1. The number of piperidine rings is 1. The molecule has 0 radical (unpaired) electrons. The lowest BCUT2D eigenvalue weighted by molar-refractivity contribution is -0.274. The van der Waals surface area contributed by atoms with E-state index in [0.29, 0.717) is 24.3 Å². The standard InChI is InChI=1S/C19H22F5N5O/c1-9(2)18-27-13(10-3-14(17(25)26-4-10)30-19(22,23)24)7-29(18)16-11-5-28(6-12(11)16)8-15(20)21/h3-4,7,9,11-12,15-16H,5-6,8H2,1-2H3,(H2,25,26)/t11-,12+,16+. The second-order valence-corrected chi connectivity index (χ2v) is 8.13. The zero-order valence-electron chi connectivity index (χ0n) is 16.4. The number of aromatic nitrogens is 3. The number of imidazole rings is 1. The summed E-state index contributed by atoms with van der Waals surface area (Å²) in [5.41, 5.74) is 6.33. The lowest BCUT2D eigenvalue weighted by Gasteiger charge is -2.20. The summed E-state index contributed by atoms with van der Waals surface area (Å²) in [6.07, 6.45) is -4.08. The number of rotatable bonds is 6. The monoisotopic (exact) mass is 431 g/mol. The summed E-state index contributed by atoms with van der Waals surface area (Å²) in [5.74, 6) is 0.473. The molecule has 164 valence electrons. The molecule has 1 aliphatic carbocycles. The summed E-state index contributed by atoms with van der Waals surface area (Å²) >= 11 is 0. The first-order chi connectivity index (χ1) is 14.0. The smallest absolute Gasteiger partial charge is 0.402 e. The number of nitrogen functional groups attached to an aromatic ring is 1. The summed E-state index contributed by atoms with van der Waals surface area (Å²) in [6, 6.07) is 1.33. The SMILES string of the molecule is CC(C)c1nc(-c2cnc(N)c(OC(F)(F)F)c2)cn1[C@H]1[C@@H]2CN(CC(F)F)C[C@@H]21. The number of hydrogen-bond acceptors (Lipinski definition) is 5. The van der Waals surface area contributed by atoms with E-state index >= 15 is 0 Å². The van der Waals surface area contributed by atoms with Crippen LogP contribution in [0.5, 0.6) is 5.75 Å². The Labute approximate surface area is 169 Å². The van der Waals surface area contributed by atoms with Gasteiger partial charge in [-0.2, -0.15) is 0 Å². The minimum atomic E-state index is -4.88. The van der Waals surface area contributed by atoms with Crippen LogP contribution in [0.4, 0.5) is 27.8 Å². The van der Waals surface area contributed by atoms with Crippen molar-refractivity contribution in [2.75, 3.05) is 25.4 Å². The van der Waals surface area contributed by atoms with Crippen molar-refractivity contribution in [1.82, 2.24) is 19.4 Å². The summed E-state index contributed by atoms with van der Waals surface area (Å²) in [5, 5.41) is 0.